The first-order valence-corrected chi connectivity index (χ1v) is 1.71. The van der Waals surface area contributed by atoms with Gasteiger partial charge in [-0.3, -0.25) is 0 Å². The van der Waals surface area contributed by atoms with Gasteiger partial charge in [0, 0.05) is 0 Å². The molecule has 50 valence electrons. The minimum atomic E-state index is -1.36. The van der Waals surface area contributed by atoms with Gasteiger partial charge in [0.2, 0.25) is 0 Å². The second-order valence-electron chi connectivity index (χ2n) is 0.876. The van der Waals surface area contributed by atoms with Gasteiger partial charge in [-0.25, -0.2) is 4.39 Å². The van der Waals surface area contributed by atoms with E-state index in [2.05, 4.69) is 0 Å². The van der Waals surface area contributed by atoms with Crippen LogP contribution in [0, 0.1) is 0 Å². The summed E-state index contributed by atoms with van der Waals surface area (Å²) >= 11 is 0. The number of carboxylic acids is 1. The molecule has 0 aromatic carbocycles. The van der Waals surface area contributed by atoms with E-state index in [1.54, 1.807) is 0 Å². The second-order valence-corrected chi connectivity index (χ2v) is 0.876. The summed E-state index contributed by atoms with van der Waals surface area (Å²) in [6.45, 7) is -0.756. The number of aliphatic carboxylic acids is 1. The van der Waals surface area contributed by atoms with Crippen molar-refractivity contribution in [3.63, 3.8) is 0 Å². The number of allylic oxidation sites excluding steroid dienone is 1. The van der Waals surface area contributed by atoms with Crippen LogP contribution >= 0.6 is 0 Å². The van der Waals surface area contributed by atoms with Gasteiger partial charge in [0.05, 0.1) is 5.97 Å². The maximum absolute atomic E-state index is 11.0. The zero-order valence-electron chi connectivity index (χ0n) is 3.86. The molecule has 0 aliphatic rings. The van der Waals surface area contributed by atoms with Gasteiger partial charge in [-0.2, -0.15) is 0 Å². The Morgan fingerprint density at radius 3 is 2.38 bits per heavy atom. The van der Waals surface area contributed by atoms with Gasteiger partial charge in [0.25, 0.3) is 0 Å². The standard InChI is InChI=1S/C4H5FO2.Ag/c5-3-1-2-4(6)7;/h1-2H,3H2,(H,6,7);/q;+1/p-1. The fourth-order valence-corrected chi connectivity index (χ4v) is 0.141. The molecule has 0 aromatic heterocycles. The van der Waals surface area contributed by atoms with Crippen molar-refractivity contribution in [3.05, 3.63) is 12.2 Å². The van der Waals surface area contributed by atoms with Gasteiger partial charge >= 0.3 is 22.4 Å². The third-order valence-corrected chi connectivity index (χ3v) is 0.343. The van der Waals surface area contributed by atoms with Gasteiger partial charge in [0.1, 0.15) is 6.67 Å². The fourth-order valence-electron chi connectivity index (χ4n) is 0.141. The van der Waals surface area contributed by atoms with Gasteiger partial charge in [-0.05, 0) is 6.08 Å². The normalized spacial score (nSPS) is 8.62. The molecule has 0 rings (SSSR count). The topological polar surface area (TPSA) is 40.1 Å². The van der Waals surface area contributed by atoms with E-state index in [0.29, 0.717) is 6.08 Å². The van der Waals surface area contributed by atoms with Crippen LogP contribution in [0.5, 0.6) is 0 Å². The number of carbonyl (C=O) groups is 1. The molecule has 8 heavy (non-hydrogen) atoms. The molecule has 0 fully saturated rings. The molecule has 0 bridgehead atoms. The Morgan fingerprint density at radius 1 is 1.75 bits per heavy atom. The van der Waals surface area contributed by atoms with Crippen LogP contribution in [0.2, 0.25) is 0 Å². The van der Waals surface area contributed by atoms with Gasteiger partial charge < -0.3 is 9.90 Å². The van der Waals surface area contributed by atoms with Crippen molar-refractivity contribution >= 4 is 5.97 Å². The first kappa shape index (κ1) is 10.8. The largest absolute Gasteiger partial charge is 1.00 e. The number of carbonyl (C=O) groups excluding carboxylic acids is 1. The first-order valence-electron chi connectivity index (χ1n) is 1.71. The maximum Gasteiger partial charge on any atom is 1.00 e. The van der Waals surface area contributed by atoms with E-state index in [9.17, 15) is 14.3 Å². The Kier molecular flexibility index (Phi) is 9.28. The molecule has 0 saturated carbocycles. The second kappa shape index (κ2) is 6.88. The van der Waals surface area contributed by atoms with Crippen LogP contribution in [-0.4, -0.2) is 12.6 Å². The molecule has 0 aliphatic carbocycles. The third kappa shape index (κ3) is 9.30. The molecule has 0 atom stereocenters. The predicted molar refractivity (Wildman–Crippen MR) is 20.1 cm³/mol. The summed E-state index contributed by atoms with van der Waals surface area (Å²) in [7, 11) is 0. The van der Waals surface area contributed by atoms with E-state index in [1.165, 1.54) is 0 Å². The van der Waals surface area contributed by atoms with Gasteiger partial charge in [-0.15, -0.1) is 0 Å². The molecule has 0 N–H and O–H groups in total. The van der Waals surface area contributed by atoms with Gasteiger partial charge in [-0.1, -0.05) is 6.08 Å². The van der Waals surface area contributed by atoms with E-state index in [0.717, 1.165) is 6.08 Å². The quantitative estimate of drug-likeness (QED) is 0.445. The molecule has 0 aromatic rings. The molecule has 0 unspecified atom stereocenters. The van der Waals surface area contributed by atoms with Crippen LogP contribution < -0.4 is 5.11 Å². The fraction of sp³-hybridized carbons (Fsp3) is 0.250. The van der Waals surface area contributed by atoms with E-state index < -0.39 is 12.6 Å². The monoisotopic (exact) mass is 210 g/mol. The number of halogens is 1. The first-order chi connectivity index (χ1) is 3.27. The van der Waals surface area contributed by atoms with E-state index in [4.69, 9.17) is 0 Å². The van der Waals surface area contributed by atoms with Crippen molar-refractivity contribution in [1.82, 2.24) is 0 Å². The molecule has 2 nitrogen and oxygen atoms in total. The summed E-state index contributed by atoms with van der Waals surface area (Å²) in [6.07, 6.45) is 1.52. The summed E-state index contributed by atoms with van der Waals surface area (Å²) in [5.74, 6) is -1.36. The minimum absolute atomic E-state index is 0. The van der Waals surface area contributed by atoms with Crippen molar-refractivity contribution < 1.29 is 36.7 Å². The number of rotatable bonds is 2. The molecule has 0 spiro atoms. The molecule has 0 saturated heterocycles. The smallest absolute Gasteiger partial charge is 0.545 e. The van der Waals surface area contributed by atoms with E-state index in [1.807, 2.05) is 0 Å². The minimum Gasteiger partial charge on any atom is -0.545 e. The molecule has 0 heterocycles. The SMILES string of the molecule is O=C([O-])C=CCF.[Ag+]. The van der Waals surface area contributed by atoms with Crippen molar-refractivity contribution in [2.75, 3.05) is 6.67 Å². The maximum atomic E-state index is 11.0. The Hall–Kier alpha value is -0.120. The number of hydrogen-bond acceptors (Lipinski definition) is 2. The van der Waals surface area contributed by atoms with Crippen molar-refractivity contribution in [3.8, 4) is 0 Å². The van der Waals surface area contributed by atoms with Crippen molar-refractivity contribution in [1.29, 1.82) is 0 Å². The van der Waals surface area contributed by atoms with Crippen LogP contribution in [0.4, 0.5) is 4.39 Å². The Bertz CT molecular complexity index is 92.0. The number of alkyl halides is 1. The molecule has 0 aliphatic heterocycles. The Labute approximate surface area is 61.9 Å². The molecular weight excluding hydrogens is 207 g/mol. The van der Waals surface area contributed by atoms with Crippen molar-refractivity contribution in [2.45, 2.75) is 0 Å². The van der Waals surface area contributed by atoms with Crippen LogP contribution in [-0.2, 0) is 27.2 Å². The molecule has 0 radical (unpaired) electrons. The Balaban J connectivity index is 0. The van der Waals surface area contributed by atoms with Crippen LogP contribution in [0.3, 0.4) is 0 Å². The van der Waals surface area contributed by atoms with Gasteiger partial charge in [0.15, 0.2) is 0 Å². The summed E-state index contributed by atoms with van der Waals surface area (Å²) < 4.78 is 11.0. The number of hydrogen-bond donors (Lipinski definition) is 0. The van der Waals surface area contributed by atoms with Crippen LogP contribution in [0.1, 0.15) is 0 Å². The summed E-state index contributed by atoms with van der Waals surface area (Å²) in [6, 6.07) is 0. The summed E-state index contributed by atoms with van der Waals surface area (Å²) in [5, 5.41) is 9.39. The van der Waals surface area contributed by atoms with E-state index in [-0.39, 0.29) is 22.4 Å². The Morgan fingerprint density at radius 2 is 2.25 bits per heavy atom. The molecular formula is C4H4AgFO2. The van der Waals surface area contributed by atoms with Crippen molar-refractivity contribution in [2.24, 2.45) is 0 Å². The molecule has 0 amide bonds. The average molecular weight is 211 g/mol. The number of carboxylic acid groups (broad SMARTS) is 1. The van der Waals surface area contributed by atoms with Crippen LogP contribution in [0.25, 0.3) is 0 Å². The zero-order valence-corrected chi connectivity index (χ0v) is 5.34. The third-order valence-electron chi connectivity index (χ3n) is 0.343. The average Bonchev–Trinajstić information content (AvgIpc) is 1.61. The predicted octanol–water partition coefficient (Wildman–Crippen LogP) is -0.740. The summed E-state index contributed by atoms with van der Waals surface area (Å²) in [5.41, 5.74) is 0. The van der Waals surface area contributed by atoms with Crippen LogP contribution in [0.15, 0.2) is 12.2 Å². The van der Waals surface area contributed by atoms with E-state index >= 15 is 0 Å². The summed E-state index contributed by atoms with van der Waals surface area (Å²) in [4.78, 5) is 9.39. The molecule has 4 heteroatoms. The zero-order chi connectivity index (χ0) is 5.70.